The summed E-state index contributed by atoms with van der Waals surface area (Å²) in [4.78, 5) is 10.8. The number of aromatic carboxylic acids is 1. The van der Waals surface area contributed by atoms with Gasteiger partial charge in [0.2, 0.25) is 0 Å². The summed E-state index contributed by atoms with van der Waals surface area (Å²) in [6, 6.07) is 10.1. The summed E-state index contributed by atoms with van der Waals surface area (Å²) >= 11 is 3.51. The molecule has 0 heterocycles. The van der Waals surface area contributed by atoms with Gasteiger partial charge in [-0.25, -0.2) is 4.79 Å². The van der Waals surface area contributed by atoms with Crippen LogP contribution in [-0.2, 0) is 0 Å². The molecule has 2 N–H and O–H groups in total. The zero-order valence-electron chi connectivity index (χ0n) is 14.7. The number of benzene rings is 2. The molecular formula is C19H21BrN2O4. The van der Waals surface area contributed by atoms with Crippen LogP contribution in [0.3, 0.4) is 0 Å². The van der Waals surface area contributed by atoms with Crippen molar-refractivity contribution in [1.82, 2.24) is 0 Å². The minimum absolute atomic E-state index is 0.229. The van der Waals surface area contributed by atoms with Crippen molar-refractivity contribution in [3.8, 4) is 11.5 Å². The van der Waals surface area contributed by atoms with E-state index in [1.807, 2.05) is 26.0 Å². The van der Waals surface area contributed by atoms with Crippen LogP contribution in [0.1, 0.15) is 36.2 Å². The van der Waals surface area contributed by atoms with Gasteiger partial charge in [-0.1, -0.05) is 6.92 Å². The Bertz CT molecular complexity index is 776. The molecule has 2 aromatic rings. The third-order valence-corrected chi connectivity index (χ3v) is 3.91. The molecule has 0 saturated heterocycles. The third-order valence-electron chi connectivity index (χ3n) is 3.32. The molecule has 0 bridgehead atoms. The average molecular weight is 421 g/mol. The summed E-state index contributed by atoms with van der Waals surface area (Å²) in [6.45, 7) is 5.11. The van der Waals surface area contributed by atoms with E-state index in [0.717, 1.165) is 16.5 Å². The van der Waals surface area contributed by atoms with Gasteiger partial charge < -0.3 is 14.6 Å². The molecule has 0 amide bonds. The quantitative estimate of drug-likeness (QED) is 0.450. The van der Waals surface area contributed by atoms with Gasteiger partial charge in [0.15, 0.2) is 11.5 Å². The molecule has 138 valence electrons. The van der Waals surface area contributed by atoms with E-state index in [9.17, 15) is 4.79 Å². The second kappa shape index (κ2) is 9.82. The number of hydrogen-bond acceptors (Lipinski definition) is 5. The van der Waals surface area contributed by atoms with Crippen LogP contribution < -0.4 is 14.9 Å². The number of carboxylic acids is 1. The van der Waals surface area contributed by atoms with Crippen molar-refractivity contribution in [3.63, 3.8) is 0 Å². The van der Waals surface area contributed by atoms with E-state index in [1.54, 1.807) is 18.3 Å². The van der Waals surface area contributed by atoms with Crippen molar-refractivity contribution >= 4 is 33.8 Å². The minimum Gasteiger partial charge on any atom is -0.490 e. The van der Waals surface area contributed by atoms with Crippen LogP contribution in [0.15, 0.2) is 46.0 Å². The molecule has 2 aromatic carbocycles. The lowest BCUT2D eigenvalue weighted by Gasteiger charge is -2.14. The van der Waals surface area contributed by atoms with E-state index in [-0.39, 0.29) is 5.56 Å². The van der Waals surface area contributed by atoms with Crippen LogP contribution in [0.4, 0.5) is 5.69 Å². The number of carboxylic acid groups (broad SMARTS) is 1. The van der Waals surface area contributed by atoms with Crippen LogP contribution in [0.25, 0.3) is 0 Å². The first-order valence-corrected chi connectivity index (χ1v) is 9.06. The fourth-order valence-corrected chi connectivity index (χ4v) is 2.71. The number of hydrazone groups is 1. The second-order valence-electron chi connectivity index (χ2n) is 5.36. The molecule has 0 aliphatic heterocycles. The van der Waals surface area contributed by atoms with E-state index in [1.165, 1.54) is 12.1 Å². The lowest BCUT2D eigenvalue weighted by atomic mass is 10.2. The summed E-state index contributed by atoms with van der Waals surface area (Å²) in [5.41, 5.74) is 4.62. The van der Waals surface area contributed by atoms with Crippen molar-refractivity contribution in [2.75, 3.05) is 18.6 Å². The monoisotopic (exact) mass is 420 g/mol. The minimum atomic E-state index is -0.960. The highest BCUT2D eigenvalue weighted by atomic mass is 79.9. The molecule has 0 fully saturated rings. The van der Waals surface area contributed by atoms with Crippen molar-refractivity contribution in [2.24, 2.45) is 5.10 Å². The van der Waals surface area contributed by atoms with Crippen molar-refractivity contribution < 1.29 is 19.4 Å². The molecule has 0 atom stereocenters. The van der Waals surface area contributed by atoms with E-state index in [4.69, 9.17) is 14.6 Å². The first-order chi connectivity index (χ1) is 12.5. The Kier molecular flexibility index (Phi) is 7.47. The Morgan fingerprint density at radius 3 is 2.58 bits per heavy atom. The maximum absolute atomic E-state index is 10.8. The van der Waals surface area contributed by atoms with Crippen molar-refractivity contribution in [1.29, 1.82) is 0 Å². The van der Waals surface area contributed by atoms with Gasteiger partial charge in [-0.05, 0) is 71.2 Å². The third kappa shape index (κ3) is 5.49. The zero-order chi connectivity index (χ0) is 18.9. The first-order valence-electron chi connectivity index (χ1n) is 8.26. The lowest BCUT2D eigenvalue weighted by Crippen LogP contribution is -2.02. The summed E-state index contributed by atoms with van der Waals surface area (Å²) in [6.07, 6.45) is 2.56. The highest BCUT2D eigenvalue weighted by molar-refractivity contribution is 9.10. The van der Waals surface area contributed by atoms with Gasteiger partial charge in [-0.2, -0.15) is 5.10 Å². The predicted octanol–water partition coefficient (Wildman–Crippen LogP) is 4.78. The molecule has 0 unspecified atom stereocenters. The summed E-state index contributed by atoms with van der Waals surface area (Å²) in [7, 11) is 0. The topological polar surface area (TPSA) is 80.2 Å². The molecule has 6 nitrogen and oxygen atoms in total. The Labute approximate surface area is 161 Å². The number of rotatable bonds is 9. The van der Waals surface area contributed by atoms with Crippen LogP contribution in [-0.4, -0.2) is 30.5 Å². The molecule has 0 radical (unpaired) electrons. The van der Waals surface area contributed by atoms with Crippen LogP contribution in [0, 0.1) is 0 Å². The number of nitrogens with one attached hydrogen (secondary N) is 1. The fraction of sp³-hybridized carbons (Fsp3) is 0.263. The highest BCUT2D eigenvalue weighted by Gasteiger charge is 2.11. The van der Waals surface area contributed by atoms with Crippen molar-refractivity contribution in [2.45, 2.75) is 20.3 Å². The number of nitrogens with zero attached hydrogens (tertiary/aromatic N) is 1. The SMILES string of the molecule is CCCOc1c(Br)cc(C=NNc2ccc(C(=O)O)cc2)cc1OCC. The molecule has 0 aliphatic rings. The number of carbonyl (C=O) groups is 1. The van der Waals surface area contributed by atoms with E-state index in [2.05, 4.69) is 26.5 Å². The largest absolute Gasteiger partial charge is 0.490 e. The molecule has 2 rings (SSSR count). The average Bonchev–Trinajstić information content (AvgIpc) is 2.62. The van der Waals surface area contributed by atoms with Gasteiger partial charge in [0.05, 0.1) is 35.2 Å². The molecular weight excluding hydrogens is 400 g/mol. The normalized spacial score (nSPS) is 10.7. The number of halogens is 1. The summed E-state index contributed by atoms with van der Waals surface area (Å²) in [5.74, 6) is 0.379. The lowest BCUT2D eigenvalue weighted by molar-refractivity contribution is 0.0697. The smallest absolute Gasteiger partial charge is 0.335 e. The van der Waals surface area contributed by atoms with Crippen molar-refractivity contribution in [3.05, 3.63) is 52.0 Å². The van der Waals surface area contributed by atoms with Gasteiger partial charge in [0.25, 0.3) is 0 Å². The fourth-order valence-electron chi connectivity index (χ4n) is 2.14. The van der Waals surface area contributed by atoms with Gasteiger partial charge in [-0.15, -0.1) is 0 Å². The van der Waals surface area contributed by atoms with Gasteiger partial charge >= 0.3 is 5.97 Å². The first kappa shape index (κ1) is 19.8. The van der Waals surface area contributed by atoms with Gasteiger partial charge in [0.1, 0.15) is 0 Å². The standard InChI is InChI=1S/C19H21BrN2O4/c1-3-9-26-18-16(20)10-13(11-17(18)25-4-2)12-21-22-15-7-5-14(6-8-15)19(23)24/h5-8,10-12,22H,3-4,9H2,1-2H3,(H,23,24). The molecule has 0 aliphatic carbocycles. The van der Waals surface area contributed by atoms with Crippen LogP contribution >= 0.6 is 15.9 Å². The maximum atomic E-state index is 10.8. The van der Waals surface area contributed by atoms with Crippen LogP contribution in [0.2, 0.25) is 0 Å². The van der Waals surface area contributed by atoms with Crippen LogP contribution in [0.5, 0.6) is 11.5 Å². The van der Waals surface area contributed by atoms with E-state index < -0.39 is 5.97 Å². The zero-order valence-corrected chi connectivity index (χ0v) is 16.2. The summed E-state index contributed by atoms with van der Waals surface area (Å²) in [5, 5.41) is 13.1. The molecule has 0 aromatic heterocycles. The highest BCUT2D eigenvalue weighted by Crippen LogP contribution is 2.36. The molecule has 0 saturated carbocycles. The number of anilines is 1. The summed E-state index contributed by atoms with van der Waals surface area (Å²) < 4.78 is 12.2. The van der Waals surface area contributed by atoms with Gasteiger partial charge in [0, 0.05) is 0 Å². The van der Waals surface area contributed by atoms with E-state index in [0.29, 0.717) is 30.4 Å². The molecule has 0 spiro atoms. The Morgan fingerprint density at radius 1 is 1.23 bits per heavy atom. The Morgan fingerprint density at radius 2 is 1.96 bits per heavy atom. The second-order valence-corrected chi connectivity index (χ2v) is 6.22. The Hall–Kier alpha value is -2.54. The number of ether oxygens (including phenoxy) is 2. The van der Waals surface area contributed by atoms with E-state index >= 15 is 0 Å². The number of hydrogen-bond donors (Lipinski definition) is 2. The molecule has 7 heteroatoms. The molecule has 26 heavy (non-hydrogen) atoms. The predicted molar refractivity (Wildman–Crippen MR) is 106 cm³/mol. The Balaban J connectivity index is 2.12. The maximum Gasteiger partial charge on any atom is 0.335 e. The van der Waals surface area contributed by atoms with Gasteiger partial charge in [-0.3, -0.25) is 5.43 Å².